The van der Waals surface area contributed by atoms with Crippen LogP contribution in [0.3, 0.4) is 0 Å². The van der Waals surface area contributed by atoms with Crippen molar-refractivity contribution >= 4 is 8.20 Å². The number of aliphatic hydroxyl groups excluding tert-OH is 2. The molecule has 2 aliphatic heterocycles. The number of rotatable bonds is 6. The number of hydrogen-bond donors (Lipinski definition) is 2. The molecule has 0 radical (unpaired) electrons. The first-order valence-corrected chi connectivity index (χ1v) is 7.96. The quantitative estimate of drug-likeness (QED) is 0.689. The topological polar surface area (TPSA) is 94.5 Å². The van der Waals surface area contributed by atoms with Gasteiger partial charge in [0.1, 0.15) is 12.2 Å². The number of hydrogen-bond acceptors (Lipinski definition) is 7. The van der Waals surface area contributed by atoms with Crippen LogP contribution < -0.4 is 0 Å². The zero-order valence-corrected chi connectivity index (χ0v) is 12.6. The molecule has 2 saturated heterocycles. The van der Waals surface area contributed by atoms with Gasteiger partial charge >= 0.3 is 8.20 Å². The van der Waals surface area contributed by atoms with Gasteiger partial charge in [0.05, 0.1) is 37.6 Å². The molecular formula is C12H23O7P. The van der Waals surface area contributed by atoms with E-state index in [1.165, 1.54) is 0 Å². The molecule has 118 valence electrons. The fourth-order valence-corrected chi connectivity index (χ4v) is 3.33. The van der Waals surface area contributed by atoms with Gasteiger partial charge in [-0.15, -0.1) is 0 Å². The molecule has 0 saturated carbocycles. The van der Waals surface area contributed by atoms with Crippen LogP contribution in [0.5, 0.6) is 0 Å². The van der Waals surface area contributed by atoms with E-state index >= 15 is 0 Å². The van der Waals surface area contributed by atoms with E-state index in [0.29, 0.717) is 12.8 Å². The maximum atomic E-state index is 12.0. The van der Waals surface area contributed by atoms with E-state index in [2.05, 4.69) is 0 Å². The van der Waals surface area contributed by atoms with Crippen molar-refractivity contribution in [1.82, 2.24) is 0 Å². The summed E-state index contributed by atoms with van der Waals surface area (Å²) in [6.45, 7) is 3.20. The summed E-state index contributed by atoms with van der Waals surface area (Å²) in [5.74, 6) is 0. The largest absolute Gasteiger partial charge is 0.394 e. The van der Waals surface area contributed by atoms with Gasteiger partial charge in [0.25, 0.3) is 0 Å². The van der Waals surface area contributed by atoms with Crippen LogP contribution in [-0.2, 0) is 23.1 Å². The molecule has 0 aliphatic carbocycles. The molecule has 7 atom stereocenters. The zero-order chi connectivity index (χ0) is 15.6. The minimum Gasteiger partial charge on any atom is -0.394 e. The van der Waals surface area contributed by atoms with Gasteiger partial charge in [0.2, 0.25) is 0 Å². The molecule has 0 bridgehead atoms. The average Bonchev–Trinajstić information content (AvgIpc) is 2.88. The molecule has 0 spiro atoms. The Morgan fingerprint density at radius 1 is 1.30 bits per heavy atom. The third kappa shape index (κ3) is 4.24. The normalized spacial score (nSPS) is 45.3. The van der Waals surface area contributed by atoms with Crippen molar-refractivity contribution in [2.45, 2.75) is 63.3 Å². The molecule has 8 heteroatoms. The predicted octanol–water partition coefficient (Wildman–Crippen LogP) is 0.486. The first-order valence-electron chi connectivity index (χ1n) is 7.31. The van der Waals surface area contributed by atoms with Gasteiger partial charge in [-0.3, -0.25) is 4.57 Å². The molecule has 2 heterocycles. The fourth-order valence-electron chi connectivity index (χ4n) is 2.55. The first-order chi connectivity index (χ1) is 9.80. The summed E-state index contributed by atoms with van der Waals surface area (Å²) in [6.07, 6.45) is -1.84. The second-order valence-electron chi connectivity index (χ2n) is 5.35. The van der Waals surface area contributed by atoms with Crippen molar-refractivity contribution in [3.8, 4) is 0 Å². The fraction of sp³-hybridized carbons (Fsp3) is 1.00. The summed E-state index contributed by atoms with van der Waals surface area (Å²) >= 11 is 0. The molecule has 0 aromatic carbocycles. The van der Waals surface area contributed by atoms with Gasteiger partial charge in [0.15, 0.2) is 1.28 Å². The van der Waals surface area contributed by atoms with E-state index in [0.717, 1.165) is 0 Å². The summed E-state index contributed by atoms with van der Waals surface area (Å²) in [5.41, 5.74) is 0. The highest BCUT2D eigenvalue weighted by molar-refractivity contribution is 7.33. The summed E-state index contributed by atoms with van der Waals surface area (Å²) < 4.78 is 40.6. The monoisotopic (exact) mass is 312 g/mol. The molecular weight excluding hydrogens is 287 g/mol. The van der Waals surface area contributed by atoms with Crippen molar-refractivity contribution in [3.63, 3.8) is 0 Å². The first kappa shape index (κ1) is 14.9. The van der Waals surface area contributed by atoms with E-state index in [-0.39, 0.29) is 25.4 Å². The summed E-state index contributed by atoms with van der Waals surface area (Å²) in [7, 11) is -4.05. The lowest BCUT2D eigenvalue weighted by molar-refractivity contribution is -0.0239. The molecule has 3 unspecified atom stereocenters. The second-order valence-corrected chi connectivity index (χ2v) is 6.27. The Morgan fingerprint density at radius 2 is 1.95 bits per heavy atom. The summed E-state index contributed by atoms with van der Waals surface area (Å²) in [6, 6.07) is 0. The molecule has 2 fully saturated rings. The van der Waals surface area contributed by atoms with E-state index in [1.807, 2.05) is 13.8 Å². The van der Waals surface area contributed by atoms with E-state index in [1.54, 1.807) is 0 Å². The lowest BCUT2D eigenvalue weighted by atomic mass is 10.1. The highest BCUT2D eigenvalue weighted by atomic mass is 31.1. The van der Waals surface area contributed by atoms with E-state index in [9.17, 15) is 9.67 Å². The van der Waals surface area contributed by atoms with Crippen LogP contribution in [0.15, 0.2) is 0 Å². The highest BCUT2D eigenvalue weighted by Crippen LogP contribution is 2.34. The summed E-state index contributed by atoms with van der Waals surface area (Å²) in [4.78, 5) is 0. The summed E-state index contributed by atoms with van der Waals surface area (Å²) in [5, 5.41) is 18.9. The van der Waals surface area contributed by atoms with Crippen LogP contribution >= 0.6 is 8.20 Å². The second kappa shape index (κ2) is 7.31. The minimum absolute atomic E-state index is 0.0949. The van der Waals surface area contributed by atoms with Crippen LogP contribution in [0.1, 0.15) is 26.7 Å². The third-order valence-corrected chi connectivity index (χ3v) is 4.34. The molecule has 0 aromatic heterocycles. The molecule has 0 amide bonds. The van der Waals surface area contributed by atoms with Crippen molar-refractivity contribution < 1.29 is 33.3 Å². The van der Waals surface area contributed by atoms with Crippen molar-refractivity contribution in [2.24, 2.45) is 0 Å². The van der Waals surface area contributed by atoms with Crippen LogP contribution in [0.25, 0.3) is 0 Å². The van der Waals surface area contributed by atoms with Crippen molar-refractivity contribution in [2.75, 3.05) is 13.2 Å². The van der Waals surface area contributed by atoms with Crippen LogP contribution in [0.2, 0.25) is 0 Å². The Bertz CT molecular complexity index is 396. The predicted molar refractivity (Wildman–Crippen MR) is 70.8 cm³/mol. The van der Waals surface area contributed by atoms with Gasteiger partial charge in [-0.2, -0.15) is 0 Å². The average molecular weight is 312 g/mol. The van der Waals surface area contributed by atoms with Crippen molar-refractivity contribution in [3.05, 3.63) is 0 Å². The van der Waals surface area contributed by atoms with E-state index < -0.39 is 32.6 Å². The lowest BCUT2D eigenvalue weighted by Gasteiger charge is -2.18. The third-order valence-electron chi connectivity index (χ3n) is 3.54. The van der Waals surface area contributed by atoms with Gasteiger partial charge in [0, 0.05) is 12.8 Å². The Kier molecular flexibility index (Phi) is 5.45. The van der Waals surface area contributed by atoms with Crippen LogP contribution in [-0.4, -0.2) is 61.3 Å². The highest BCUT2D eigenvalue weighted by Gasteiger charge is 2.35. The maximum absolute atomic E-state index is 12.0. The maximum Gasteiger partial charge on any atom is 0.319 e. The van der Waals surface area contributed by atoms with Gasteiger partial charge in [-0.05, 0) is 13.8 Å². The Labute approximate surface area is 120 Å². The molecule has 20 heavy (non-hydrogen) atoms. The number of ether oxygens (including phenoxy) is 2. The Hall–Kier alpha value is -0.0100. The van der Waals surface area contributed by atoms with Gasteiger partial charge in [-0.25, -0.2) is 0 Å². The van der Waals surface area contributed by atoms with Gasteiger partial charge < -0.3 is 28.7 Å². The van der Waals surface area contributed by atoms with Gasteiger partial charge in [-0.1, -0.05) is 0 Å². The van der Waals surface area contributed by atoms with E-state index in [4.69, 9.17) is 24.9 Å². The molecule has 7 nitrogen and oxygen atoms in total. The lowest BCUT2D eigenvalue weighted by Crippen LogP contribution is -2.27. The smallest absolute Gasteiger partial charge is 0.319 e. The Balaban J connectivity index is 1.83. The Morgan fingerprint density at radius 3 is 2.55 bits per heavy atom. The molecule has 2 rings (SSSR count). The van der Waals surface area contributed by atoms with Crippen molar-refractivity contribution in [1.29, 1.82) is 1.28 Å². The molecule has 0 aromatic rings. The molecule has 2 N–H and O–H groups in total. The standard InChI is InChI=1S/C12H23O7P/c1-7-3-9(14)12(18-7)6-16-20(15)19-10-4-8(2)17-11(10)5-13/h7-14,20H,3-6H2,1-2H3/t7-,8-,9?,10?,11+,12+/m0/s1/i20T. The van der Waals surface area contributed by atoms with Crippen LogP contribution in [0, 0.1) is 0 Å². The molecule has 2 aliphatic rings. The van der Waals surface area contributed by atoms with Crippen LogP contribution in [0.4, 0.5) is 0 Å². The minimum atomic E-state index is -4.05. The zero-order valence-electron chi connectivity index (χ0n) is 12.7. The SMILES string of the molecule is [3H]P(=O)(OC[C@H]1O[C@@H](C)CC1O)OC1C[C@H](C)O[C@@H]1CO. The number of aliphatic hydroxyl groups is 2.